The zero-order valence-electron chi connectivity index (χ0n) is 9.78. The number of nitrogens with two attached hydrogens (primary N) is 2. The first-order valence-corrected chi connectivity index (χ1v) is 6.56. The van der Waals surface area contributed by atoms with Crippen LogP contribution in [-0.4, -0.2) is 5.91 Å². The summed E-state index contributed by atoms with van der Waals surface area (Å²) in [6.45, 7) is 0. The summed E-state index contributed by atoms with van der Waals surface area (Å²) in [7, 11) is 0. The van der Waals surface area contributed by atoms with Gasteiger partial charge in [-0.15, -0.1) is 0 Å². The zero-order chi connectivity index (χ0) is 14.0. The van der Waals surface area contributed by atoms with Gasteiger partial charge in [-0.25, -0.2) is 0 Å². The first kappa shape index (κ1) is 13.7. The van der Waals surface area contributed by atoms with Gasteiger partial charge in [0, 0.05) is 10.2 Å². The molecule has 0 saturated heterocycles. The van der Waals surface area contributed by atoms with Crippen molar-refractivity contribution in [2.45, 2.75) is 0 Å². The molecule has 0 saturated carbocycles. The van der Waals surface area contributed by atoms with Crippen LogP contribution in [0, 0.1) is 0 Å². The number of amides is 1. The van der Waals surface area contributed by atoms with Gasteiger partial charge in [-0.05, 0) is 36.4 Å². The summed E-state index contributed by atoms with van der Waals surface area (Å²) in [6.07, 6.45) is 0. The van der Waals surface area contributed by atoms with Gasteiger partial charge >= 0.3 is 0 Å². The van der Waals surface area contributed by atoms with Crippen molar-refractivity contribution < 1.29 is 4.79 Å². The standard InChI is InChI=1S/C13H11BrClN3O/c14-7-1-3-10(15)12(5-7)18-11-4-2-8(16)6-9(11)13(17)19/h1-6,18H,16H2,(H2,17,19). The molecule has 0 fully saturated rings. The van der Waals surface area contributed by atoms with Gasteiger partial charge in [0.05, 0.1) is 22.0 Å². The number of carbonyl (C=O) groups excluding carboxylic acids is 1. The van der Waals surface area contributed by atoms with Gasteiger partial charge in [-0.3, -0.25) is 4.79 Å². The van der Waals surface area contributed by atoms with E-state index in [-0.39, 0.29) is 0 Å². The molecule has 4 nitrogen and oxygen atoms in total. The van der Waals surface area contributed by atoms with E-state index < -0.39 is 5.91 Å². The molecule has 0 atom stereocenters. The zero-order valence-corrected chi connectivity index (χ0v) is 12.1. The topological polar surface area (TPSA) is 81.1 Å². The predicted molar refractivity (Wildman–Crippen MR) is 81.8 cm³/mol. The number of nitrogen functional groups attached to an aromatic ring is 1. The van der Waals surface area contributed by atoms with Gasteiger partial charge in [-0.2, -0.15) is 0 Å². The molecule has 0 radical (unpaired) electrons. The van der Waals surface area contributed by atoms with Gasteiger partial charge in [0.25, 0.3) is 5.91 Å². The Kier molecular flexibility index (Phi) is 3.97. The lowest BCUT2D eigenvalue weighted by molar-refractivity contribution is 0.100. The Bertz CT molecular complexity index is 646. The minimum atomic E-state index is -0.555. The third kappa shape index (κ3) is 3.19. The Morgan fingerprint density at radius 2 is 1.89 bits per heavy atom. The Balaban J connectivity index is 2.43. The molecule has 0 aliphatic carbocycles. The van der Waals surface area contributed by atoms with Crippen LogP contribution >= 0.6 is 27.5 Å². The van der Waals surface area contributed by atoms with Crippen LogP contribution < -0.4 is 16.8 Å². The molecule has 2 aromatic carbocycles. The van der Waals surface area contributed by atoms with Crippen LogP contribution in [0.15, 0.2) is 40.9 Å². The Hall–Kier alpha value is -1.72. The van der Waals surface area contributed by atoms with Crippen molar-refractivity contribution in [3.63, 3.8) is 0 Å². The second-order valence-electron chi connectivity index (χ2n) is 3.92. The molecular weight excluding hydrogens is 330 g/mol. The number of hydrogen-bond donors (Lipinski definition) is 3. The fourth-order valence-corrected chi connectivity index (χ4v) is 2.14. The smallest absolute Gasteiger partial charge is 0.250 e. The van der Waals surface area contributed by atoms with Crippen molar-refractivity contribution in [1.29, 1.82) is 0 Å². The largest absolute Gasteiger partial charge is 0.399 e. The van der Waals surface area contributed by atoms with E-state index >= 15 is 0 Å². The molecule has 0 bridgehead atoms. The number of anilines is 3. The number of rotatable bonds is 3. The quantitative estimate of drug-likeness (QED) is 0.748. The summed E-state index contributed by atoms with van der Waals surface area (Å²) in [4.78, 5) is 11.4. The lowest BCUT2D eigenvalue weighted by Gasteiger charge is -2.12. The normalized spacial score (nSPS) is 10.2. The highest BCUT2D eigenvalue weighted by molar-refractivity contribution is 9.10. The van der Waals surface area contributed by atoms with E-state index in [2.05, 4.69) is 21.2 Å². The molecule has 6 heteroatoms. The second-order valence-corrected chi connectivity index (χ2v) is 5.24. The summed E-state index contributed by atoms with van der Waals surface area (Å²) < 4.78 is 0.871. The van der Waals surface area contributed by atoms with Crippen LogP contribution in [0.4, 0.5) is 17.1 Å². The molecule has 0 unspecified atom stereocenters. The number of hydrogen-bond acceptors (Lipinski definition) is 3. The summed E-state index contributed by atoms with van der Waals surface area (Å²) in [5, 5.41) is 3.61. The average Bonchev–Trinajstić information content (AvgIpc) is 2.35. The van der Waals surface area contributed by atoms with E-state index in [9.17, 15) is 4.79 Å². The molecule has 0 aliphatic rings. The van der Waals surface area contributed by atoms with Crippen molar-refractivity contribution in [2.75, 3.05) is 11.1 Å². The van der Waals surface area contributed by atoms with Crippen molar-refractivity contribution in [2.24, 2.45) is 5.73 Å². The van der Waals surface area contributed by atoms with Gasteiger partial charge < -0.3 is 16.8 Å². The molecule has 0 heterocycles. The number of carbonyl (C=O) groups is 1. The van der Waals surface area contributed by atoms with Crippen molar-refractivity contribution in [1.82, 2.24) is 0 Å². The molecule has 0 aromatic heterocycles. The van der Waals surface area contributed by atoms with Crippen LogP contribution in [-0.2, 0) is 0 Å². The molecule has 98 valence electrons. The first-order chi connectivity index (χ1) is 8.97. The van der Waals surface area contributed by atoms with Gasteiger partial charge in [0.15, 0.2) is 0 Å². The Morgan fingerprint density at radius 3 is 2.58 bits per heavy atom. The Labute approximate surface area is 123 Å². The molecule has 0 spiro atoms. The number of nitrogens with one attached hydrogen (secondary N) is 1. The number of halogens is 2. The van der Waals surface area contributed by atoms with Gasteiger partial charge in [0.1, 0.15) is 0 Å². The maximum atomic E-state index is 11.4. The maximum absolute atomic E-state index is 11.4. The maximum Gasteiger partial charge on any atom is 0.250 e. The molecule has 19 heavy (non-hydrogen) atoms. The van der Waals surface area contributed by atoms with Crippen LogP contribution in [0.1, 0.15) is 10.4 Å². The summed E-state index contributed by atoms with van der Waals surface area (Å²) in [6, 6.07) is 10.3. The van der Waals surface area contributed by atoms with Gasteiger partial charge in [0.2, 0.25) is 0 Å². The Morgan fingerprint density at radius 1 is 1.16 bits per heavy atom. The molecule has 1 amide bonds. The SMILES string of the molecule is NC(=O)c1cc(N)ccc1Nc1cc(Br)ccc1Cl. The van der Waals surface area contributed by atoms with Crippen molar-refractivity contribution in [3.8, 4) is 0 Å². The van der Waals surface area contributed by atoms with E-state index in [0.29, 0.717) is 27.6 Å². The van der Waals surface area contributed by atoms with Crippen molar-refractivity contribution >= 4 is 50.5 Å². The van der Waals surface area contributed by atoms with E-state index in [1.54, 1.807) is 18.2 Å². The number of benzene rings is 2. The highest BCUT2D eigenvalue weighted by Gasteiger charge is 2.10. The fraction of sp³-hybridized carbons (Fsp3) is 0. The predicted octanol–water partition coefficient (Wildman–Crippen LogP) is 3.53. The average molecular weight is 341 g/mol. The third-order valence-electron chi connectivity index (χ3n) is 2.51. The third-order valence-corrected chi connectivity index (χ3v) is 3.33. The molecule has 2 rings (SSSR count). The summed E-state index contributed by atoms with van der Waals surface area (Å²) in [5.41, 5.74) is 13.0. The van der Waals surface area contributed by atoms with Crippen molar-refractivity contribution in [3.05, 3.63) is 51.5 Å². The highest BCUT2D eigenvalue weighted by atomic mass is 79.9. The fourth-order valence-electron chi connectivity index (χ4n) is 1.61. The number of primary amides is 1. The van der Waals surface area contributed by atoms with Crippen LogP contribution in [0.5, 0.6) is 0 Å². The summed E-state index contributed by atoms with van der Waals surface area (Å²) in [5.74, 6) is -0.555. The summed E-state index contributed by atoms with van der Waals surface area (Å²) >= 11 is 9.44. The van der Waals surface area contributed by atoms with Crippen LogP contribution in [0.2, 0.25) is 5.02 Å². The molecule has 2 aromatic rings. The lowest BCUT2D eigenvalue weighted by Crippen LogP contribution is -2.13. The van der Waals surface area contributed by atoms with E-state index in [0.717, 1.165) is 4.47 Å². The van der Waals surface area contributed by atoms with Crippen LogP contribution in [0.25, 0.3) is 0 Å². The first-order valence-electron chi connectivity index (χ1n) is 5.39. The van der Waals surface area contributed by atoms with Crippen LogP contribution in [0.3, 0.4) is 0 Å². The molecule has 5 N–H and O–H groups in total. The molecular formula is C13H11BrClN3O. The second kappa shape index (κ2) is 5.50. The highest BCUT2D eigenvalue weighted by Crippen LogP contribution is 2.30. The lowest BCUT2D eigenvalue weighted by atomic mass is 10.1. The molecule has 0 aliphatic heterocycles. The van der Waals surface area contributed by atoms with E-state index in [1.807, 2.05) is 12.1 Å². The van der Waals surface area contributed by atoms with Gasteiger partial charge in [-0.1, -0.05) is 27.5 Å². The van der Waals surface area contributed by atoms with E-state index in [1.165, 1.54) is 6.07 Å². The monoisotopic (exact) mass is 339 g/mol. The van der Waals surface area contributed by atoms with E-state index in [4.69, 9.17) is 23.1 Å². The minimum Gasteiger partial charge on any atom is -0.399 e. The minimum absolute atomic E-state index is 0.316.